The fourth-order valence-electron chi connectivity index (χ4n) is 1.64. The van der Waals surface area contributed by atoms with Crippen molar-refractivity contribution in [1.29, 1.82) is 0 Å². The summed E-state index contributed by atoms with van der Waals surface area (Å²) in [6, 6.07) is 9.07. The maximum absolute atomic E-state index is 5.75. The van der Waals surface area contributed by atoms with Crippen LogP contribution in [0, 0.1) is 0 Å². The van der Waals surface area contributed by atoms with Gasteiger partial charge in [-0.05, 0) is 45.0 Å². The third-order valence-corrected chi connectivity index (χ3v) is 2.38. The molecule has 15 heavy (non-hydrogen) atoms. The summed E-state index contributed by atoms with van der Waals surface area (Å²) in [6.45, 7) is 3.07. The summed E-state index contributed by atoms with van der Waals surface area (Å²) in [5.74, 6) is 0. The van der Waals surface area contributed by atoms with Crippen LogP contribution in [0.3, 0.4) is 0 Å². The molecule has 0 heterocycles. The maximum Gasteiger partial charge on any atom is 0.0227 e. The van der Waals surface area contributed by atoms with Crippen molar-refractivity contribution in [1.82, 2.24) is 4.90 Å². The lowest BCUT2D eigenvalue weighted by atomic mass is 10.0. The van der Waals surface area contributed by atoms with E-state index in [-0.39, 0.29) is 0 Å². The van der Waals surface area contributed by atoms with E-state index in [2.05, 4.69) is 50.2 Å². The Labute approximate surface area is 93.1 Å². The van der Waals surface area contributed by atoms with E-state index in [9.17, 15) is 0 Å². The van der Waals surface area contributed by atoms with Gasteiger partial charge in [-0.2, -0.15) is 0 Å². The van der Waals surface area contributed by atoms with Crippen LogP contribution in [-0.4, -0.2) is 25.0 Å². The predicted molar refractivity (Wildman–Crippen MR) is 65.8 cm³/mol. The molecule has 1 aromatic rings. The zero-order valence-electron chi connectivity index (χ0n) is 10.0. The van der Waals surface area contributed by atoms with Gasteiger partial charge in [0.1, 0.15) is 0 Å². The molecule has 0 spiro atoms. The Morgan fingerprint density at radius 2 is 1.93 bits per heavy atom. The van der Waals surface area contributed by atoms with Gasteiger partial charge in [-0.1, -0.05) is 24.3 Å². The summed E-state index contributed by atoms with van der Waals surface area (Å²) >= 11 is 0. The fraction of sp³-hybridized carbons (Fsp3) is 0.538. The SMILES string of the molecule is C[C@H](N)CCc1cccc(CN(C)C)c1. The van der Waals surface area contributed by atoms with Crippen molar-refractivity contribution in [2.45, 2.75) is 32.4 Å². The van der Waals surface area contributed by atoms with Crippen molar-refractivity contribution < 1.29 is 0 Å². The average Bonchev–Trinajstić information content (AvgIpc) is 2.14. The summed E-state index contributed by atoms with van der Waals surface area (Å²) in [5.41, 5.74) is 8.52. The quantitative estimate of drug-likeness (QED) is 0.798. The van der Waals surface area contributed by atoms with Gasteiger partial charge in [-0.25, -0.2) is 0 Å². The number of aryl methyl sites for hydroxylation is 1. The molecular formula is C13H22N2. The summed E-state index contributed by atoms with van der Waals surface area (Å²) in [7, 11) is 4.18. The second kappa shape index (κ2) is 5.89. The lowest BCUT2D eigenvalue weighted by molar-refractivity contribution is 0.402. The Morgan fingerprint density at radius 1 is 1.27 bits per heavy atom. The summed E-state index contributed by atoms with van der Waals surface area (Å²) in [6.07, 6.45) is 2.14. The lowest BCUT2D eigenvalue weighted by Crippen LogP contribution is -2.15. The zero-order chi connectivity index (χ0) is 11.3. The smallest absolute Gasteiger partial charge is 0.0227 e. The maximum atomic E-state index is 5.75. The highest BCUT2D eigenvalue weighted by Gasteiger charge is 1.99. The van der Waals surface area contributed by atoms with Crippen LogP contribution in [0.2, 0.25) is 0 Å². The van der Waals surface area contributed by atoms with Crippen molar-refractivity contribution >= 4 is 0 Å². The van der Waals surface area contributed by atoms with Crippen molar-refractivity contribution in [3.8, 4) is 0 Å². The van der Waals surface area contributed by atoms with Gasteiger partial charge in [0.15, 0.2) is 0 Å². The Bertz CT molecular complexity index is 292. The monoisotopic (exact) mass is 206 g/mol. The van der Waals surface area contributed by atoms with E-state index in [0.717, 1.165) is 19.4 Å². The van der Waals surface area contributed by atoms with Gasteiger partial charge < -0.3 is 10.6 Å². The molecule has 0 radical (unpaired) electrons. The highest BCUT2D eigenvalue weighted by Crippen LogP contribution is 2.09. The molecular weight excluding hydrogens is 184 g/mol. The van der Waals surface area contributed by atoms with E-state index in [1.165, 1.54) is 11.1 Å². The fourth-order valence-corrected chi connectivity index (χ4v) is 1.64. The number of hydrogen-bond acceptors (Lipinski definition) is 2. The molecule has 0 aliphatic heterocycles. The van der Waals surface area contributed by atoms with Crippen molar-refractivity contribution in [2.75, 3.05) is 14.1 Å². The van der Waals surface area contributed by atoms with Crippen LogP contribution in [0.4, 0.5) is 0 Å². The van der Waals surface area contributed by atoms with Gasteiger partial charge >= 0.3 is 0 Å². The molecule has 0 aromatic heterocycles. The summed E-state index contributed by atoms with van der Waals surface area (Å²) in [5, 5.41) is 0. The first-order valence-corrected chi connectivity index (χ1v) is 5.56. The zero-order valence-corrected chi connectivity index (χ0v) is 10.0. The van der Waals surface area contributed by atoms with Gasteiger partial charge in [-0.15, -0.1) is 0 Å². The largest absolute Gasteiger partial charge is 0.328 e. The van der Waals surface area contributed by atoms with E-state index in [1.807, 2.05) is 0 Å². The van der Waals surface area contributed by atoms with Crippen LogP contribution in [0.15, 0.2) is 24.3 Å². The van der Waals surface area contributed by atoms with Gasteiger partial charge in [0.05, 0.1) is 0 Å². The molecule has 2 heteroatoms. The Balaban J connectivity index is 2.57. The molecule has 2 N–H and O–H groups in total. The summed E-state index contributed by atoms with van der Waals surface area (Å²) < 4.78 is 0. The van der Waals surface area contributed by atoms with Crippen molar-refractivity contribution in [3.63, 3.8) is 0 Å². The van der Waals surface area contributed by atoms with Crippen LogP contribution in [0.25, 0.3) is 0 Å². The van der Waals surface area contributed by atoms with Gasteiger partial charge in [0.25, 0.3) is 0 Å². The third-order valence-electron chi connectivity index (χ3n) is 2.38. The molecule has 0 aliphatic carbocycles. The molecule has 1 aromatic carbocycles. The minimum Gasteiger partial charge on any atom is -0.328 e. The van der Waals surface area contributed by atoms with Gasteiger partial charge in [-0.3, -0.25) is 0 Å². The molecule has 0 fully saturated rings. The Morgan fingerprint density at radius 3 is 2.53 bits per heavy atom. The van der Waals surface area contributed by atoms with Crippen LogP contribution >= 0.6 is 0 Å². The first kappa shape index (κ1) is 12.2. The van der Waals surface area contributed by atoms with E-state index in [4.69, 9.17) is 5.73 Å². The van der Waals surface area contributed by atoms with E-state index < -0.39 is 0 Å². The van der Waals surface area contributed by atoms with Crippen molar-refractivity contribution in [3.05, 3.63) is 35.4 Å². The number of nitrogens with zero attached hydrogens (tertiary/aromatic N) is 1. The second-order valence-corrected chi connectivity index (χ2v) is 4.57. The average molecular weight is 206 g/mol. The Hall–Kier alpha value is -0.860. The standard InChI is InChI=1S/C13H22N2/c1-11(14)7-8-12-5-4-6-13(9-12)10-15(2)3/h4-6,9,11H,7-8,10,14H2,1-3H3/t11-/m0/s1. The van der Waals surface area contributed by atoms with E-state index in [1.54, 1.807) is 0 Å². The molecule has 84 valence electrons. The Kier molecular flexibility index (Phi) is 4.79. The molecule has 2 nitrogen and oxygen atoms in total. The molecule has 0 saturated carbocycles. The van der Waals surface area contributed by atoms with Gasteiger partial charge in [0, 0.05) is 12.6 Å². The molecule has 0 bridgehead atoms. The highest BCUT2D eigenvalue weighted by molar-refractivity contribution is 5.23. The number of benzene rings is 1. The van der Waals surface area contributed by atoms with Gasteiger partial charge in [0.2, 0.25) is 0 Å². The lowest BCUT2D eigenvalue weighted by Gasteiger charge is -2.11. The van der Waals surface area contributed by atoms with Crippen LogP contribution < -0.4 is 5.73 Å². The minimum atomic E-state index is 0.294. The molecule has 0 amide bonds. The van der Waals surface area contributed by atoms with Crippen molar-refractivity contribution in [2.24, 2.45) is 5.73 Å². The second-order valence-electron chi connectivity index (χ2n) is 4.57. The normalized spacial score (nSPS) is 13.1. The molecule has 0 unspecified atom stereocenters. The summed E-state index contributed by atoms with van der Waals surface area (Å²) in [4.78, 5) is 2.19. The van der Waals surface area contributed by atoms with Crippen LogP contribution in [0.5, 0.6) is 0 Å². The molecule has 0 aliphatic rings. The van der Waals surface area contributed by atoms with E-state index in [0.29, 0.717) is 6.04 Å². The first-order valence-electron chi connectivity index (χ1n) is 5.56. The van der Waals surface area contributed by atoms with Crippen LogP contribution in [0.1, 0.15) is 24.5 Å². The number of hydrogen-bond donors (Lipinski definition) is 1. The third kappa shape index (κ3) is 4.96. The molecule has 1 atom stereocenters. The highest BCUT2D eigenvalue weighted by atomic mass is 15.0. The topological polar surface area (TPSA) is 29.3 Å². The molecule has 0 saturated heterocycles. The first-order chi connectivity index (χ1) is 7.08. The number of nitrogens with two attached hydrogens (primary N) is 1. The molecule has 1 rings (SSSR count). The minimum absolute atomic E-state index is 0.294. The van der Waals surface area contributed by atoms with Crippen LogP contribution in [-0.2, 0) is 13.0 Å². The predicted octanol–water partition coefficient (Wildman–Crippen LogP) is 2.03. The van der Waals surface area contributed by atoms with E-state index >= 15 is 0 Å². The number of rotatable bonds is 5.